The van der Waals surface area contributed by atoms with E-state index in [1.165, 1.54) is 0 Å². The predicted octanol–water partition coefficient (Wildman–Crippen LogP) is 3.17. The molecule has 2 aromatic carbocycles. The summed E-state index contributed by atoms with van der Waals surface area (Å²) < 4.78 is 13.1. The normalized spacial score (nSPS) is 12.7. The Bertz CT molecular complexity index is 904. The first-order chi connectivity index (χ1) is 13.3. The van der Waals surface area contributed by atoms with E-state index in [4.69, 9.17) is 9.47 Å². The molecular weight excluding hydrogens is 342 g/mol. The molecular formula is C21H21N3O3. The van der Waals surface area contributed by atoms with Gasteiger partial charge in [-0.1, -0.05) is 42.5 Å². The number of nitrogens with zero attached hydrogens (tertiary/aromatic N) is 2. The number of carbonyl (C=O) groups excluding carboxylic acids is 1. The Morgan fingerprint density at radius 1 is 1.11 bits per heavy atom. The molecule has 0 radical (unpaired) electrons. The van der Waals surface area contributed by atoms with Crippen molar-refractivity contribution in [1.29, 1.82) is 0 Å². The first-order valence-corrected chi connectivity index (χ1v) is 9.02. The van der Waals surface area contributed by atoms with Crippen LogP contribution in [-0.2, 0) is 19.7 Å². The largest absolute Gasteiger partial charge is 0.489 e. The van der Waals surface area contributed by atoms with Crippen molar-refractivity contribution in [2.75, 3.05) is 6.61 Å². The van der Waals surface area contributed by atoms with E-state index in [1.54, 1.807) is 10.9 Å². The van der Waals surface area contributed by atoms with Crippen LogP contribution in [0.25, 0.3) is 0 Å². The summed E-state index contributed by atoms with van der Waals surface area (Å²) in [7, 11) is 0. The van der Waals surface area contributed by atoms with Gasteiger partial charge in [0.1, 0.15) is 17.9 Å². The number of benzene rings is 2. The second kappa shape index (κ2) is 7.95. The molecule has 27 heavy (non-hydrogen) atoms. The molecule has 6 heteroatoms. The molecule has 0 fully saturated rings. The van der Waals surface area contributed by atoms with Gasteiger partial charge in [-0.15, -0.1) is 0 Å². The number of hydrogen-bond donors (Lipinski definition) is 1. The number of ether oxygens (including phenoxy) is 2. The monoisotopic (exact) mass is 363 g/mol. The highest BCUT2D eigenvalue weighted by molar-refractivity contribution is 5.96. The van der Waals surface area contributed by atoms with E-state index in [0.717, 1.165) is 29.8 Å². The maximum absolute atomic E-state index is 12.4. The molecule has 1 amide bonds. The van der Waals surface area contributed by atoms with Gasteiger partial charge in [0, 0.05) is 19.5 Å². The fourth-order valence-corrected chi connectivity index (χ4v) is 2.95. The quantitative estimate of drug-likeness (QED) is 0.731. The number of aromatic nitrogens is 2. The van der Waals surface area contributed by atoms with E-state index in [-0.39, 0.29) is 5.91 Å². The topological polar surface area (TPSA) is 65.4 Å². The fourth-order valence-electron chi connectivity index (χ4n) is 2.95. The Kier molecular flexibility index (Phi) is 5.05. The molecule has 0 atom stereocenters. The summed E-state index contributed by atoms with van der Waals surface area (Å²) in [6, 6.07) is 17.8. The SMILES string of the molecule is O=C(NCc1ccc(OCc2ccccc2)cc1)c1cnn2c1OCCC2. The first-order valence-electron chi connectivity index (χ1n) is 9.02. The molecule has 0 spiro atoms. The van der Waals surface area contributed by atoms with Crippen LogP contribution in [-0.4, -0.2) is 22.3 Å². The van der Waals surface area contributed by atoms with Gasteiger partial charge in [0.05, 0.1) is 12.8 Å². The number of carbonyl (C=O) groups is 1. The zero-order valence-electron chi connectivity index (χ0n) is 14.9. The smallest absolute Gasteiger partial charge is 0.258 e. The van der Waals surface area contributed by atoms with E-state index in [0.29, 0.717) is 31.2 Å². The second-order valence-electron chi connectivity index (χ2n) is 6.39. The van der Waals surface area contributed by atoms with Crippen molar-refractivity contribution in [3.8, 4) is 11.6 Å². The highest BCUT2D eigenvalue weighted by Gasteiger charge is 2.21. The van der Waals surface area contributed by atoms with E-state index >= 15 is 0 Å². The van der Waals surface area contributed by atoms with Crippen LogP contribution in [0.3, 0.4) is 0 Å². The van der Waals surface area contributed by atoms with Gasteiger partial charge in [0.2, 0.25) is 5.88 Å². The Hall–Kier alpha value is -3.28. The highest BCUT2D eigenvalue weighted by atomic mass is 16.5. The summed E-state index contributed by atoms with van der Waals surface area (Å²) in [5.74, 6) is 1.18. The third-order valence-corrected chi connectivity index (χ3v) is 4.41. The van der Waals surface area contributed by atoms with Gasteiger partial charge < -0.3 is 14.8 Å². The minimum Gasteiger partial charge on any atom is -0.489 e. The van der Waals surface area contributed by atoms with Gasteiger partial charge in [-0.25, -0.2) is 4.68 Å². The summed E-state index contributed by atoms with van der Waals surface area (Å²) in [6.07, 6.45) is 2.48. The van der Waals surface area contributed by atoms with Gasteiger partial charge in [-0.05, 0) is 23.3 Å². The molecule has 0 saturated heterocycles. The van der Waals surface area contributed by atoms with Crippen LogP contribution in [0.4, 0.5) is 0 Å². The third-order valence-electron chi connectivity index (χ3n) is 4.41. The molecule has 0 unspecified atom stereocenters. The lowest BCUT2D eigenvalue weighted by atomic mass is 10.2. The molecule has 1 N–H and O–H groups in total. The molecule has 4 rings (SSSR count). The Labute approximate surface area is 157 Å². The second-order valence-corrected chi connectivity index (χ2v) is 6.39. The van der Waals surface area contributed by atoms with Gasteiger partial charge in [-0.3, -0.25) is 4.79 Å². The molecule has 138 valence electrons. The van der Waals surface area contributed by atoms with E-state index in [2.05, 4.69) is 10.4 Å². The summed E-state index contributed by atoms with van der Waals surface area (Å²) in [6.45, 7) is 2.37. The van der Waals surface area contributed by atoms with Crippen LogP contribution < -0.4 is 14.8 Å². The molecule has 6 nitrogen and oxygen atoms in total. The van der Waals surface area contributed by atoms with Crippen LogP contribution >= 0.6 is 0 Å². The van der Waals surface area contributed by atoms with Crippen molar-refractivity contribution < 1.29 is 14.3 Å². The van der Waals surface area contributed by atoms with E-state index < -0.39 is 0 Å². The third kappa shape index (κ3) is 4.11. The number of hydrogen-bond acceptors (Lipinski definition) is 4. The Morgan fingerprint density at radius 2 is 1.93 bits per heavy atom. The molecule has 1 aliphatic rings. The summed E-state index contributed by atoms with van der Waals surface area (Å²) >= 11 is 0. The highest BCUT2D eigenvalue weighted by Crippen LogP contribution is 2.22. The molecule has 0 bridgehead atoms. The maximum atomic E-state index is 12.4. The van der Waals surface area contributed by atoms with Gasteiger partial charge in [-0.2, -0.15) is 5.10 Å². The first kappa shape index (κ1) is 17.1. The summed E-state index contributed by atoms with van der Waals surface area (Å²) in [4.78, 5) is 12.4. The lowest BCUT2D eigenvalue weighted by molar-refractivity contribution is 0.0944. The van der Waals surface area contributed by atoms with Crippen LogP contribution in [0, 0.1) is 0 Å². The van der Waals surface area contributed by atoms with E-state index in [1.807, 2.05) is 54.6 Å². The average molecular weight is 363 g/mol. The minimum atomic E-state index is -0.178. The molecule has 2 heterocycles. The van der Waals surface area contributed by atoms with Crippen molar-refractivity contribution >= 4 is 5.91 Å². The van der Waals surface area contributed by atoms with Crippen molar-refractivity contribution in [3.63, 3.8) is 0 Å². The fraction of sp³-hybridized carbons (Fsp3) is 0.238. The zero-order chi connectivity index (χ0) is 18.5. The van der Waals surface area contributed by atoms with Crippen molar-refractivity contribution in [2.24, 2.45) is 0 Å². The van der Waals surface area contributed by atoms with Crippen LogP contribution in [0.1, 0.15) is 27.9 Å². The van der Waals surface area contributed by atoms with Gasteiger partial charge in [0.15, 0.2) is 0 Å². The lowest BCUT2D eigenvalue weighted by Gasteiger charge is -2.15. The number of amides is 1. The molecule has 1 aromatic heterocycles. The molecule has 0 aliphatic carbocycles. The van der Waals surface area contributed by atoms with Gasteiger partial charge >= 0.3 is 0 Å². The predicted molar refractivity (Wildman–Crippen MR) is 101 cm³/mol. The Balaban J connectivity index is 1.31. The van der Waals surface area contributed by atoms with Crippen LogP contribution in [0.2, 0.25) is 0 Å². The molecule has 1 aliphatic heterocycles. The van der Waals surface area contributed by atoms with Gasteiger partial charge in [0.25, 0.3) is 5.91 Å². The number of rotatable bonds is 6. The molecule has 3 aromatic rings. The zero-order valence-corrected chi connectivity index (χ0v) is 14.9. The van der Waals surface area contributed by atoms with Crippen molar-refractivity contribution in [3.05, 3.63) is 77.5 Å². The Morgan fingerprint density at radius 3 is 2.74 bits per heavy atom. The van der Waals surface area contributed by atoms with Crippen LogP contribution in [0.5, 0.6) is 11.6 Å². The lowest BCUT2D eigenvalue weighted by Crippen LogP contribution is -2.24. The maximum Gasteiger partial charge on any atom is 0.258 e. The summed E-state index contributed by atoms with van der Waals surface area (Å²) in [5.41, 5.74) is 2.61. The number of fused-ring (bicyclic) bond motifs is 1. The van der Waals surface area contributed by atoms with Crippen molar-refractivity contribution in [2.45, 2.75) is 26.1 Å². The average Bonchev–Trinajstić information content (AvgIpc) is 3.16. The number of nitrogens with one attached hydrogen (secondary N) is 1. The molecule has 0 saturated carbocycles. The standard InChI is InChI=1S/C21H21N3O3/c25-20(19-14-23-24-11-4-12-26-21(19)24)22-13-16-7-9-18(10-8-16)27-15-17-5-2-1-3-6-17/h1-3,5-10,14H,4,11-13,15H2,(H,22,25). The summed E-state index contributed by atoms with van der Waals surface area (Å²) in [5, 5.41) is 7.12. The number of aryl methyl sites for hydroxylation is 1. The van der Waals surface area contributed by atoms with Crippen molar-refractivity contribution in [1.82, 2.24) is 15.1 Å². The van der Waals surface area contributed by atoms with E-state index in [9.17, 15) is 4.79 Å². The van der Waals surface area contributed by atoms with Crippen LogP contribution in [0.15, 0.2) is 60.8 Å². The minimum absolute atomic E-state index is 0.178.